The van der Waals surface area contributed by atoms with Crippen molar-refractivity contribution in [1.29, 1.82) is 0 Å². The average Bonchev–Trinajstić information content (AvgIpc) is 3.63. The van der Waals surface area contributed by atoms with Crippen LogP contribution >= 0.6 is 24.0 Å². The molecule has 1 saturated heterocycles. The molecule has 6 rings (SSSR count). The number of nitro benzene ring substituents is 1. The molecule has 208 valence electrons. The molecule has 0 bridgehead atoms. The second kappa shape index (κ2) is 11.5. The lowest BCUT2D eigenvalue weighted by Gasteiger charge is -2.29. The van der Waals surface area contributed by atoms with Gasteiger partial charge in [-0.05, 0) is 91.1 Å². The second-order valence-electron chi connectivity index (χ2n) is 9.50. The van der Waals surface area contributed by atoms with Crippen molar-refractivity contribution in [2.75, 3.05) is 4.90 Å². The highest BCUT2D eigenvalue weighted by molar-refractivity contribution is 7.99. The van der Waals surface area contributed by atoms with Gasteiger partial charge in [-0.15, -0.1) is 0 Å². The van der Waals surface area contributed by atoms with Gasteiger partial charge in [0.1, 0.15) is 6.04 Å². The zero-order valence-corrected chi connectivity index (χ0v) is 23.5. The third-order valence-electron chi connectivity index (χ3n) is 6.95. The molecule has 2 unspecified atom stereocenters. The van der Waals surface area contributed by atoms with E-state index in [1.54, 1.807) is 36.5 Å². The minimum atomic E-state index is -0.992. The minimum Gasteiger partial charge on any atom is -0.478 e. The lowest BCUT2D eigenvalue weighted by Crippen LogP contribution is -2.30. The molecule has 11 heteroatoms. The fourth-order valence-corrected chi connectivity index (χ4v) is 6.20. The summed E-state index contributed by atoms with van der Waals surface area (Å²) in [5.41, 5.74) is 3.58. The lowest BCUT2D eigenvalue weighted by atomic mass is 10.0. The van der Waals surface area contributed by atoms with Gasteiger partial charge in [0.25, 0.3) is 5.69 Å². The first kappa shape index (κ1) is 27.2. The van der Waals surface area contributed by atoms with Gasteiger partial charge in [-0.3, -0.25) is 15.1 Å². The van der Waals surface area contributed by atoms with Crippen LogP contribution in [0.1, 0.15) is 33.8 Å². The molecule has 2 atom stereocenters. The molecule has 0 aliphatic carbocycles. The van der Waals surface area contributed by atoms with Crippen LogP contribution in [0.25, 0.3) is 5.69 Å². The van der Waals surface area contributed by atoms with E-state index in [4.69, 9.17) is 12.2 Å². The van der Waals surface area contributed by atoms with Gasteiger partial charge in [0.05, 0.1) is 22.2 Å². The standard InChI is InChI=1S/C31H23N5O4S2/c37-30(38)20-5-3-6-23(19-20)34-18-4-8-27(34)29-28(26-7-1-2-17-32-26)33-31(41)35(29)21-9-13-24(14-10-21)42-25-15-11-22(12-16-25)36(39)40/h1-19,28-29H,(H,33,41)(H,37,38). The summed E-state index contributed by atoms with van der Waals surface area (Å²) in [5, 5.41) is 24.6. The van der Waals surface area contributed by atoms with E-state index < -0.39 is 10.9 Å². The molecule has 9 nitrogen and oxygen atoms in total. The van der Waals surface area contributed by atoms with Crippen molar-refractivity contribution in [2.24, 2.45) is 0 Å². The number of nitrogens with one attached hydrogen (secondary N) is 1. The summed E-state index contributed by atoms with van der Waals surface area (Å²) in [4.78, 5) is 30.8. The molecule has 1 fully saturated rings. The predicted octanol–water partition coefficient (Wildman–Crippen LogP) is 6.81. The zero-order valence-electron chi connectivity index (χ0n) is 21.9. The van der Waals surface area contributed by atoms with Crippen molar-refractivity contribution in [1.82, 2.24) is 14.9 Å². The molecule has 0 spiro atoms. The molecule has 0 amide bonds. The SMILES string of the molecule is O=C(O)c1cccc(-n2cccc2C2C(c3ccccn3)NC(=S)N2c2ccc(Sc3ccc([N+](=O)[O-])cc3)cc2)c1. The lowest BCUT2D eigenvalue weighted by molar-refractivity contribution is -0.384. The average molecular weight is 594 g/mol. The Hall–Kier alpha value is -5.00. The number of thiocarbonyl (C=S) groups is 1. The molecule has 1 aliphatic rings. The quantitative estimate of drug-likeness (QED) is 0.114. The van der Waals surface area contributed by atoms with Crippen molar-refractivity contribution in [2.45, 2.75) is 21.9 Å². The summed E-state index contributed by atoms with van der Waals surface area (Å²) in [7, 11) is 0. The Labute approximate surface area is 250 Å². The number of hydrogen-bond donors (Lipinski definition) is 2. The highest BCUT2D eigenvalue weighted by Crippen LogP contribution is 2.43. The molecule has 42 heavy (non-hydrogen) atoms. The van der Waals surface area contributed by atoms with Crippen molar-refractivity contribution in [3.05, 3.63) is 143 Å². The van der Waals surface area contributed by atoms with Gasteiger partial charge >= 0.3 is 5.97 Å². The van der Waals surface area contributed by atoms with Crippen LogP contribution in [0.4, 0.5) is 11.4 Å². The number of anilines is 1. The summed E-state index contributed by atoms with van der Waals surface area (Å²) in [5.74, 6) is -0.992. The van der Waals surface area contributed by atoms with Crippen molar-refractivity contribution in [3.63, 3.8) is 0 Å². The largest absolute Gasteiger partial charge is 0.478 e. The fourth-order valence-electron chi connectivity index (χ4n) is 5.04. The molecule has 2 aromatic heterocycles. The normalized spacial score (nSPS) is 16.3. The van der Waals surface area contributed by atoms with Crippen LogP contribution in [0, 0.1) is 10.1 Å². The van der Waals surface area contributed by atoms with Crippen LogP contribution in [0.2, 0.25) is 0 Å². The Kier molecular flexibility index (Phi) is 7.43. The third kappa shape index (κ3) is 5.35. The number of non-ortho nitro benzene ring substituents is 1. The summed E-state index contributed by atoms with van der Waals surface area (Å²) in [6, 6.07) is 30.4. The maximum absolute atomic E-state index is 11.7. The molecular formula is C31H23N5O4S2. The first-order valence-corrected chi connectivity index (χ1v) is 14.2. The molecule has 2 N–H and O–H groups in total. The predicted molar refractivity (Wildman–Crippen MR) is 164 cm³/mol. The van der Waals surface area contributed by atoms with E-state index in [0.29, 0.717) is 5.11 Å². The Morgan fingerprint density at radius 1 is 0.929 bits per heavy atom. The molecule has 1 aliphatic heterocycles. The van der Waals surface area contributed by atoms with Crippen LogP contribution in [-0.2, 0) is 0 Å². The van der Waals surface area contributed by atoms with Crippen LogP contribution < -0.4 is 10.2 Å². The van der Waals surface area contributed by atoms with Crippen molar-refractivity contribution in [3.8, 4) is 5.69 Å². The van der Waals surface area contributed by atoms with Gasteiger partial charge in [-0.2, -0.15) is 0 Å². The number of hydrogen-bond acceptors (Lipinski definition) is 6. The second-order valence-corrected chi connectivity index (χ2v) is 11.0. The highest BCUT2D eigenvalue weighted by atomic mass is 32.2. The van der Waals surface area contributed by atoms with E-state index in [9.17, 15) is 20.0 Å². The monoisotopic (exact) mass is 593 g/mol. The molecule has 0 saturated carbocycles. The topological polar surface area (TPSA) is 114 Å². The van der Waals surface area contributed by atoms with E-state index in [0.717, 1.165) is 32.6 Å². The number of nitrogens with zero attached hydrogens (tertiary/aromatic N) is 4. The van der Waals surface area contributed by atoms with E-state index in [1.165, 1.54) is 23.9 Å². The molecule has 3 heterocycles. The van der Waals surface area contributed by atoms with Crippen molar-refractivity contribution >= 4 is 46.4 Å². The minimum absolute atomic E-state index is 0.0534. The van der Waals surface area contributed by atoms with Crippen LogP contribution in [0.3, 0.4) is 0 Å². The van der Waals surface area contributed by atoms with E-state index in [2.05, 4.69) is 15.2 Å². The number of carboxylic acid groups (broad SMARTS) is 1. The first-order valence-electron chi connectivity index (χ1n) is 12.9. The number of aromatic nitrogens is 2. The van der Waals surface area contributed by atoms with Crippen LogP contribution in [0.15, 0.2) is 125 Å². The molecule has 0 radical (unpaired) electrons. The molecule has 3 aromatic carbocycles. The maximum atomic E-state index is 11.7. The summed E-state index contributed by atoms with van der Waals surface area (Å²) in [6.07, 6.45) is 3.66. The Balaban J connectivity index is 1.37. The van der Waals surface area contributed by atoms with Crippen LogP contribution in [-0.4, -0.2) is 30.7 Å². The number of carboxylic acids is 1. The summed E-state index contributed by atoms with van der Waals surface area (Å²) < 4.78 is 1.98. The molecule has 5 aromatic rings. The van der Waals surface area contributed by atoms with Gasteiger partial charge in [0.2, 0.25) is 0 Å². The number of benzene rings is 3. The number of pyridine rings is 1. The Morgan fingerprint density at radius 3 is 2.33 bits per heavy atom. The van der Waals surface area contributed by atoms with Gasteiger partial charge in [0.15, 0.2) is 5.11 Å². The number of rotatable bonds is 8. The zero-order chi connectivity index (χ0) is 29.2. The molecular weight excluding hydrogens is 571 g/mol. The number of nitro groups is 1. The Morgan fingerprint density at radius 2 is 1.67 bits per heavy atom. The summed E-state index contributed by atoms with van der Waals surface area (Å²) >= 11 is 7.38. The smallest absolute Gasteiger partial charge is 0.335 e. The van der Waals surface area contributed by atoms with Gasteiger partial charge in [0, 0.05) is 51.4 Å². The van der Waals surface area contributed by atoms with E-state index >= 15 is 0 Å². The number of aromatic carboxylic acids is 1. The Bertz CT molecular complexity index is 1780. The third-order valence-corrected chi connectivity index (χ3v) is 8.28. The first-order chi connectivity index (χ1) is 20.4. The van der Waals surface area contributed by atoms with Gasteiger partial charge in [-0.1, -0.05) is 23.9 Å². The van der Waals surface area contributed by atoms with Gasteiger partial charge in [-0.25, -0.2) is 4.79 Å². The number of carbonyl (C=O) groups is 1. The maximum Gasteiger partial charge on any atom is 0.335 e. The van der Waals surface area contributed by atoms with E-state index in [-0.39, 0.29) is 23.3 Å². The highest BCUT2D eigenvalue weighted by Gasteiger charge is 2.42. The van der Waals surface area contributed by atoms with Crippen LogP contribution in [0.5, 0.6) is 0 Å². The van der Waals surface area contributed by atoms with Crippen molar-refractivity contribution < 1.29 is 14.8 Å². The summed E-state index contributed by atoms with van der Waals surface area (Å²) in [6.45, 7) is 0. The van der Waals surface area contributed by atoms with E-state index in [1.807, 2.05) is 71.4 Å². The van der Waals surface area contributed by atoms with Gasteiger partial charge < -0.3 is 19.9 Å². The fraction of sp³-hybridized carbons (Fsp3) is 0.0645.